The summed E-state index contributed by atoms with van der Waals surface area (Å²) in [4.78, 5) is 24.7. The van der Waals surface area contributed by atoms with Crippen LogP contribution in [0.25, 0.3) is 0 Å². The quantitative estimate of drug-likeness (QED) is 0.539. The standard InChI is InChI=1S/C21H32O6/c1-19-6-4-13(24)8-12(19)2-3-14-15-5-7-21(27,17(26)10-22)20(15,11-23)9-16(25)18(14)19/h11-16,18,22,24-25,27H,2-10H2,1H3/t12-,13-,14+,15+,16+,18-,19+,20-,21+/m1/s1. The number of hydrogen-bond acceptors (Lipinski definition) is 6. The van der Waals surface area contributed by atoms with Gasteiger partial charge in [-0.2, -0.15) is 0 Å². The van der Waals surface area contributed by atoms with Crippen molar-refractivity contribution in [2.24, 2.45) is 34.5 Å². The smallest absolute Gasteiger partial charge is 0.190 e. The van der Waals surface area contributed by atoms with Crippen molar-refractivity contribution in [1.29, 1.82) is 0 Å². The van der Waals surface area contributed by atoms with Crippen molar-refractivity contribution in [1.82, 2.24) is 0 Å². The summed E-state index contributed by atoms with van der Waals surface area (Å²) < 4.78 is 0. The van der Waals surface area contributed by atoms with Crippen LogP contribution < -0.4 is 0 Å². The van der Waals surface area contributed by atoms with Crippen LogP contribution in [-0.2, 0) is 9.59 Å². The summed E-state index contributed by atoms with van der Waals surface area (Å²) in [6.45, 7) is 1.43. The van der Waals surface area contributed by atoms with Gasteiger partial charge < -0.3 is 25.2 Å². The fraction of sp³-hybridized carbons (Fsp3) is 0.905. The molecule has 0 spiro atoms. The maximum Gasteiger partial charge on any atom is 0.190 e. The molecule has 152 valence electrons. The van der Waals surface area contributed by atoms with E-state index < -0.39 is 29.5 Å². The number of fused-ring (bicyclic) bond motifs is 5. The highest BCUT2D eigenvalue weighted by Gasteiger charge is 2.70. The Hall–Kier alpha value is -0.820. The van der Waals surface area contributed by atoms with Gasteiger partial charge in [-0.3, -0.25) is 4.79 Å². The Balaban J connectivity index is 1.73. The fourth-order valence-electron chi connectivity index (χ4n) is 7.84. The minimum absolute atomic E-state index is 0.0217. The molecule has 27 heavy (non-hydrogen) atoms. The van der Waals surface area contributed by atoms with E-state index in [1.165, 1.54) is 0 Å². The molecular weight excluding hydrogens is 348 g/mol. The molecule has 0 amide bonds. The van der Waals surface area contributed by atoms with E-state index in [1.807, 2.05) is 0 Å². The minimum Gasteiger partial charge on any atom is -0.393 e. The normalized spacial score (nSPS) is 54.6. The highest BCUT2D eigenvalue weighted by Crippen LogP contribution is 2.67. The van der Waals surface area contributed by atoms with Crippen molar-refractivity contribution < 1.29 is 30.0 Å². The monoisotopic (exact) mass is 380 g/mol. The van der Waals surface area contributed by atoms with E-state index in [0.29, 0.717) is 18.6 Å². The van der Waals surface area contributed by atoms with Crippen LogP contribution in [0.5, 0.6) is 0 Å². The number of carbonyl (C=O) groups excluding carboxylic acids is 2. The zero-order valence-electron chi connectivity index (χ0n) is 16.0. The maximum atomic E-state index is 12.4. The van der Waals surface area contributed by atoms with E-state index in [-0.39, 0.29) is 42.1 Å². The second-order valence-corrected chi connectivity index (χ2v) is 9.91. The lowest BCUT2D eigenvalue weighted by Gasteiger charge is -2.62. The van der Waals surface area contributed by atoms with E-state index in [2.05, 4.69) is 6.92 Å². The van der Waals surface area contributed by atoms with E-state index in [9.17, 15) is 30.0 Å². The van der Waals surface area contributed by atoms with Crippen molar-refractivity contribution in [3.63, 3.8) is 0 Å². The number of rotatable bonds is 3. The van der Waals surface area contributed by atoms with Gasteiger partial charge in [-0.25, -0.2) is 0 Å². The van der Waals surface area contributed by atoms with Crippen LogP contribution in [0, 0.1) is 34.5 Å². The van der Waals surface area contributed by atoms with Gasteiger partial charge in [0.1, 0.15) is 18.5 Å². The molecule has 4 fully saturated rings. The first-order valence-electron chi connectivity index (χ1n) is 10.4. The highest BCUT2D eigenvalue weighted by atomic mass is 16.3. The average Bonchev–Trinajstić information content (AvgIpc) is 2.95. The van der Waals surface area contributed by atoms with Crippen molar-refractivity contribution in [2.45, 2.75) is 76.1 Å². The SMILES string of the molecule is C[C@]12CC[C@@H](O)C[C@H]1CC[C@@H]1[C@@H]2[C@@H](O)C[C@@]2(C=O)[C@H]1CC[C@]2(O)C(=O)CO. The lowest BCUT2D eigenvalue weighted by molar-refractivity contribution is -0.202. The highest BCUT2D eigenvalue weighted by molar-refractivity contribution is 5.93. The summed E-state index contributed by atoms with van der Waals surface area (Å²) in [5.74, 6) is -0.387. The first-order valence-corrected chi connectivity index (χ1v) is 10.4. The number of aldehydes is 1. The van der Waals surface area contributed by atoms with Crippen LogP contribution in [0.15, 0.2) is 0 Å². The van der Waals surface area contributed by atoms with E-state index >= 15 is 0 Å². The molecule has 4 rings (SSSR count). The largest absolute Gasteiger partial charge is 0.393 e. The molecule has 0 radical (unpaired) electrons. The second kappa shape index (κ2) is 6.34. The molecule has 0 saturated heterocycles. The van der Waals surface area contributed by atoms with Crippen LogP contribution in [0.2, 0.25) is 0 Å². The van der Waals surface area contributed by atoms with Gasteiger partial charge in [0.2, 0.25) is 0 Å². The molecule has 0 bridgehead atoms. The van der Waals surface area contributed by atoms with Crippen LogP contribution in [0.1, 0.15) is 58.3 Å². The van der Waals surface area contributed by atoms with Crippen molar-refractivity contribution in [3.8, 4) is 0 Å². The number of hydrogen-bond donors (Lipinski definition) is 4. The third-order valence-electron chi connectivity index (χ3n) is 9.12. The minimum atomic E-state index is -1.87. The molecule has 6 heteroatoms. The summed E-state index contributed by atoms with van der Waals surface area (Å²) in [5, 5.41) is 41.8. The predicted octanol–water partition coefficient (Wildman–Crippen LogP) is 0.832. The molecule has 6 nitrogen and oxygen atoms in total. The van der Waals surface area contributed by atoms with Gasteiger partial charge in [0.15, 0.2) is 5.78 Å². The Kier molecular flexibility index (Phi) is 4.58. The van der Waals surface area contributed by atoms with E-state index in [4.69, 9.17) is 0 Å². The number of aliphatic hydroxyl groups is 4. The second-order valence-electron chi connectivity index (χ2n) is 9.91. The van der Waals surface area contributed by atoms with Gasteiger partial charge in [0, 0.05) is 0 Å². The van der Waals surface area contributed by atoms with Crippen LogP contribution >= 0.6 is 0 Å². The zero-order valence-corrected chi connectivity index (χ0v) is 16.0. The van der Waals surface area contributed by atoms with Crippen molar-refractivity contribution >= 4 is 12.1 Å². The van der Waals surface area contributed by atoms with Gasteiger partial charge in [0.05, 0.1) is 17.6 Å². The third kappa shape index (κ3) is 2.39. The molecule has 0 heterocycles. The molecular formula is C21H32O6. The molecule has 4 saturated carbocycles. The Morgan fingerprint density at radius 2 is 1.89 bits per heavy atom. The predicted molar refractivity (Wildman–Crippen MR) is 96.6 cm³/mol. The number of aliphatic hydroxyl groups excluding tert-OH is 3. The molecule has 0 aliphatic heterocycles. The topological polar surface area (TPSA) is 115 Å². The molecule has 4 aliphatic carbocycles. The van der Waals surface area contributed by atoms with Crippen molar-refractivity contribution in [3.05, 3.63) is 0 Å². The van der Waals surface area contributed by atoms with Gasteiger partial charge in [0.25, 0.3) is 0 Å². The fourth-order valence-corrected chi connectivity index (χ4v) is 7.84. The van der Waals surface area contributed by atoms with Crippen LogP contribution in [0.4, 0.5) is 0 Å². The molecule has 0 aromatic rings. The Morgan fingerprint density at radius 1 is 1.15 bits per heavy atom. The molecule has 4 N–H and O–H groups in total. The van der Waals surface area contributed by atoms with Crippen molar-refractivity contribution in [2.75, 3.05) is 6.61 Å². The molecule has 9 atom stereocenters. The summed E-state index contributed by atoms with van der Waals surface area (Å²) in [5.41, 5.74) is -3.26. The first kappa shape index (κ1) is 19.5. The summed E-state index contributed by atoms with van der Waals surface area (Å²) >= 11 is 0. The van der Waals surface area contributed by atoms with Gasteiger partial charge in [-0.1, -0.05) is 6.92 Å². The van der Waals surface area contributed by atoms with E-state index in [1.54, 1.807) is 0 Å². The van der Waals surface area contributed by atoms with Crippen LogP contribution in [-0.4, -0.2) is 56.9 Å². The maximum absolute atomic E-state index is 12.4. The molecule has 0 aromatic carbocycles. The van der Waals surface area contributed by atoms with Gasteiger partial charge in [-0.05, 0) is 80.5 Å². The third-order valence-corrected chi connectivity index (χ3v) is 9.12. The van der Waals surface area contributed by atoms with E-state index in [0.717, 1.165) is 32.1 Å². The molecule has 0 aromatic heterocycles. The summed E-state index contributed by atoms with van der Waals surface area (Å²) in [6, 6.07) is 0. The first-order chi connectivity index (χ1) is 12.7. The Labute approximate surface area is 160 Å². The lowest BCUT2D eigenvalue weighted by atomic mass is 9.43. The number of ketones is 1. The van der Waals surface area contributed by atoms with Gasteiger partial charge in [-0.15, -0.1) is 0 Å². The zero-order chi connectivity index (χ0) is 19.6. The lowest BCUT2D eigenvalue weighted by Crippen LogP contribution is -2.64. The average molecular weight is 380 g/mol. The molecule has 4 aliphatic rings. The van der Waals surface area contributed by atoms with Crippen LogP contribution in [0.3, 0.4) is 0 Å². The Bertz CT molecular complexity index is 636. The summed E-state index contributed by atoms with van der Waals surface area (Å²) in [7, 11) is 0. The summed E-state index contributed by atoms with van der Waals surface area (Å²) in [6.07, 6.45) is 4.63. The Morgan fingerprint density at radius 3 is 2.56 bits per heavy atom. The van der Waals surface area contributed by atoms with Gasteiger partial charge >= 0.3 is 0 Å². The molecule has 0 unspecified atom stereocenters. The number of Topliss-reactive ketones (excluding diaryl/α,β-unsaturated/α-hetero) is 1. The number of carbonyl (C=O) groups is 2.